The molecule has 0 saturated heterocycles. The number of hydrogen-bond acceptors (Lipinski definition) is 4. The fraction of sp³-hybridized carbons (Fsp3) is 0.929. The minimum absolute atomic E-state index is 0.0420. The van der Waals surface area contributed by atoms with E-state index in [0.29, 0.717) is 6.04 Å². The Morgan fingerprint density at radius 3 is 2.50 bits per heavy atom. The van der Waals surface area contributed by atoms with Gasteiger partial charge in [-0.25, -0.2) is 0 Å². The minimum atomic E-state index is 0.0420. The molecule has 1 N–H and O–H groups in total. The first-order valence-corrected chi connectivity index (χ1v) is 7.18. The second-order valence-electron chi connectivity index (χ2n) is 5.50. The molecule has 0 spiro atoms. The Balaban J connectivity index is 2.14. The summed E-state index contributed by atoms with van der Waals surface area (Å²) in [6.07, 6.45) is 4.65. The quantitative estimate of drug-likeness (QED) is 0.636. The summed E-state index contributed by atoms with van der Waals surface area (Å²) in [5, 5.41) is 12.5. The van der Waals surface area contributed by atoms with E-state index in [1.807, 2.05) is 0 Å². The third kappa shape index (κ3) is 6.95. The van der Waals surface area contributed by atoms with Crippen molar-refractivity contribution in [2.45, 2.75) is 44.7 Å². The van der Waals surface area contributed by atoms with Crippen molar-refractivity contribution in [2.75, 3.05) is 40.3 Å². The first-order valence-electron chi connectivity index (χ1n) is 7.18. The standard InChI is InChI=1S/C14H28N4/c1-4-18(10-5-9-17(2)3)11-8-14(12-15)16-13-6-7-13/h13-14,16H,4-11H2,1-3H3. The van der Waals surface area contributed by atoms with Crippen molar-refractivity contribution < 1.29 is 0 Å². The van der Waals surface area contributed by atoms with Gasteiger partial charge in [0.05, 0.1) is 12.1 Å². The van der Waals surface area contributed by atoms with Crippen LogP contribution in [-0.4, -0.2) is 62.2 Å². The van der Waals surface area contributed by atoms with Crippen LogP contribution in [0.3, 0.4) is 0 Å². The van der Waals surface area contributed by atoms with Gasteiger partial charge in [-0.15, -0.1) is 0 Å². The lowest BCUT2D eigenvalue weighted by atomic mass is 10.2. The van der Waals surface area contributed by atoms with Crippen LogP contribution < -0.4 is 5.32 Å². The Hall–Kier alpha value is -0.630. The summed E-state index contributed by atoms with van der Waals surface area (Å²) in [7, 11) is 4.23. The summed E-state index contributed by atoms with van der Waals surface area (Å²) in [5.74, 6) is 0. The van der Waals surface area contributed by atoms with Gasteiger partial charge >= 0.3 is 0 Å². The van der Waals surface area contributed by atoms with Gasteiger partial charge in [-0.1, -0.05) is 6.92 Å². The van der Waals surface area contributed by atoms with Crippen LogP contribution in [0.15, 0.2) is 0 Å². The number of nitrogens with zero attached hydrogens (tertiary/aromatic N) is 3. The molecule has 4 nitrogen and oxygen atoms in total. The number of nitriles is 1. The zero-order valence-corrected chi connectivity index (χ0v) is 12.2. The lowest BCUT2D eigenvalue weighted by molar-refractivity contribution is 0.257. The van der Waals surface area contributed by atoms with Gasteiger partial charge in [0.15, 0.2) is 0 Å². The van der Waals surface area contributed by atoms with E-state index >= 15 is 0 Å². The SMILES string of the molecule is CCN(CCCN(C)C)CCC(C#N)NC1CC1. The Morgan fingerprint density at radius 1 is 1.28 bits per heavy atom. The predicted molar refractivity (Wildman–Crippen MR) is 75.5 cm³/mol. The summed E-state index contributed by atoms with van der Waals surface area (Å²) in [6.45, 7) is 6.58. The van der Waals surface area contributed by atoms with E-state index in [0.717, 1.165) is 32.6 Å². The summed E-state index contributed by atoms with van der Waals surface area (Å²) < 4.78 is 0. The second kappa shape index (κ2) is 8.47. The number of nitrogens with one attached hydrogen (secondary N) is 1. The van der Waals surface area contributed by atoms with E-state index in [-0.39, 0.29) is 6.04 Å². The molecule has 4 heteroatoms. The van der Waals surface area contributed by atoms with Gasteiger partial charge in [0.25, 0.3) is 0 Å². The summed E-state index contributed by atoms with van der Waals surface area (Å²) in [6, 6.07) is 3.05. The highest BCUT2D eigenvalue weighted by Gasteiger charge is 2.24. The van der Waals surface area contributed by atoms with Gasteiger partial charge in [-0.05, 0) is 59.4 Å². The molecule has 1 aliphatic carbocycles. The van der Waals surface area contributed by atoms with Crippen molar-refractivity contribution in [2.24, 2.45) is 0 Å². The maximum absolute atomic E-state index is 9.10. The Kier molecular flexibility index (Phi) is 7.26. The van der Waals surface area contributed by atoms with Crippen LogP contribution in [0.2, 0.25) is 0 Å². The van der Waals surface area contributed by atoms with Crippen LogP contribution in [0.4, 0.5) is 0 Å². The molecule has 18 heavy (non-hydrogen) atoms. The summed E-state index contributed by atoms with van der Waals surface area (Å²) in [5.41, 5.74) is 0. The molecule has 0 amide bonds. The van der Waals surface area contributed by atoms with Crippen molar-refractivity contribution in [1.29, 1.82) is 5.26 Å². The Morgan fingerprint density at radius 2 is 2.00 bits per heavy atom. The monoisotopic (exact) mass is 252 g/mol. The molecule has 0 bridgehead atoms. The third-order valence-corrected chi connectivity index (χ3v) is 3.43. The normalized spacial score (nSPS) is 17.1. The molecule has 104 valence electrons. The molecule has 0 radical (unpaired) electrons. The van der Waals surface area contributed by atoms with Crippen molar-refractivity contribution in [3.05, 3.63) is 0 Å². The molecule has 0 aliphatic heterocycles. The Bertz CT molecular complexity index is 255. The molecule has 1 aliphatic rings. The fourth-order valence-electron chi connectivity index (χ4n) is 2.07. The van der Waals surface area contributed by atoms with Crippen molar-refractivity contribution >= 4 is 0 Å². The van der Waals surface area contributed by atoms with E-state index < -0.39 is 0 Å². The lowest BCUT2D eigenvalue weighted by Crippen LogP contribution is -2.35. The van der Waals surface area contributed by atoms with Crippen LogP contribution in [0.25, 0.3) is 0 Å². The first kappa shape index (κ1) is 15.4. The van der Waals surface area contributed by atoms with Crippen molar-refractivity contribution in [3.8, 4) is 6.07 Å². The van der Waals surface area contributed by atoms with Gasteiger partial charge < -0.3 is 9.80 Å². The van der Waals surface area contributed by atoms with Gasteiger partial charge in [0.1, 0.15) is 0 Å². The molecule has 1 unspecified atom stereocenters. The first-order chi connectivity index (χ1) is 8.65. The van der Waals surface area contributed by atoms with Gasteiger partial charge in [0.2, 0.25) is 0 Å². The molecule has 1 atom stereocenters. The Labute approximate surface area is 112 Å². The molecule has 0 aromatic rings. The molecule has 0 aromatic carbocycles. The summed E-state index contributed by atoms with van der Waals surface area (Å²) in [4.78, 5) is 4.67. The van der Waals surface area contributed by atoms with Crippen LogP contribution >= 0.6 is 0 Å². The molecular formula is C14H28N4. The smallest absolute Gasteiger partial charge is 0.0967 e. The summed E-state index contributed by atoms with van der Waals surface area (Å²) >= 11 is 0. The van der Waals surface area contributed by atoms with Crippen molar-refractivity contribution in [3.63, 3.8) is 0 Å². The minimum Gasteiger partial charge on any atom is -0.309 e. The van der Waals surface area contributed by atoms with E-state index in [1.54, 1.807) is 0 Å². The van der Waals surface area contributed by atoms with Gasteiger partial charge in [-0.3, -0.25) is 5.32 Å². The largest absolute Gasteiger partial charge is 0.309 e. The topological polar surface area (TPSA) is 42.3 Å². The number of rotatable bonds is 10. The average Bonchev–Trinajstić information content (AvgIpc) is 3.15. The van der Waals surface area contributed by atoms with E-state index in [9.17, 15) is 0 Å². The van der Waals surface area contributed by atoms with E-state index in [4.69, 9.17) is 5.26 Å². The third-order valence-electron chi connectivity index (χ3n) is 3.43. The van der Waals surface area contributed by atoms with E-state index in [1.165, 1.54) is 19.3 Å². The molecule has 1 saturated carbocycles. The number of hydrogen-bond donors (Lipinski definition) is 1. The van der Waals surface area contributed by atoms with Crippen LogP contribution in [0.1, 0.15) is 32.6 Å². The molecule has 1 rings (SSSR count). The second-order valence-corrected chi connectivity index (χ2v) is 5.50. The van der Waals surface area contributed by atoms with Crippen LogP contribution in [-0.2, 0) is 0 Å². The lowest BCUT2D eigenvalue weighted by Gasteiger charge is -2.22. The maximum Gasteiger partial charge on any atom is 0.0967 e. The van der Waals surface area contributed by atoms with Gasteiger partial charge in [-0.2, -0.15) is 5.26 Å². The van der Waals surface area contributed by atoms with Crippen molar-refractivity contribution in [1.82, 2.24) is 15.1 Å². The van der Waals surface area contributed by atoms with E-state index in [2.05, 4.69) is 42.2 Å². The van der Waals surface area contributed by atoms with Gasteiger partial charge in [0, 0.05) is 12.6 Å². The highest BCUT2D eigenvalue weighted by Crippen LogP contribution is 2.19. The highest BCUT2D eigenvalue weighted by molar-refractivity contribution is 4.95. The molecule has 0 heterocycles. The zero-order chi connectivity index (χ0) is 13.4. The molecule has 1 fully saturated rings. The van der Waals surface area contributed by atoms with Crippen LogP contribution in [0, 0.1) is 11.3 Å². The maximum atomic E-state index is 9.10. The average molecular weight is 252 g/mol. The predicted octanol–water partition coefficient (Wildman–Crippen LogP) is 1.29. The molecule has 0 aromatic heterocycles. The fourth-order valence-corrected chi connectivity index (χ4v) is 2.07. The highest BCUT2D eigenvalue weighted by atomic mass is 15.1. The van der Waals surface area contributed by atoms with Crippen LogP contribution in [0.5, 0.6) is 0 Å². The molecular weight excluding hydrogens is 224 g/mol. The zero-order valence-electron chi connectivity index (χ0n) is 12.2.